The summed E-state index contributed by atoms with van der Waals surface area (Å²) in [5.74, 6) is -1.45. The summed E-state index contributed by atoms with van der Waals surface area (Å²) in [5.41, 5.74) is -2.29. The van der Waals surface area contributed by atoms with Gasteiger partial charge in [-0.15, -0.1) is 0 Å². The van der Waals surface area contributed by atoms with E-state index in [4.69, 9.17) is 9.47 Å². The first-order valence-electron chi connectivity index (χ1n) is 17.1. The van der Waals surface area contributed by atoms with Gasteiger partial charge in [0.2, 0.25) is 11.8 Å². The standard InChI is InChI=1S/C37H47F3N6O6/c1-24-15-17-45(18-16-24)32(48)30(26-13-10-14-27(19-26)37(38,39)40)46-20-29(41-23-46)43-31(47)28(22-51-21-25-11-8-7-9-12-25)42-33(49)36(5,6)44-34(50)52-35(2,3)4/h7-14,19-20,23-24,28,30H,15-18,21-22H2,1-6H3,(H,42,49)(H,43,47)(H,44,50)/t28-,30?/m1/s1. The van der Waals surface area contributed by atoms with Crippen LogP contribution >= 0.6 is 0 Å². The molecule has 282 valence electrons. The highest BCUT2D eigenvalue weighted by Gasteiger charge is 2.36. The van der Waals surface area contributed by atoms with Crippen LogP contribution in [0.3, 0.4) is 0 Å². The molecule has 1 saturated heterocycles. The summed E-state index contributed by atoms with van der Waals surface area (Å²) in [6, 6.07) is 11.3. The molecule has 12 nitrogen and oxygen atoms in total. The van der Waals surface area contributed by atoms with Gasteiger partial charge >= 0.3 is 12.3 Å². The van der Waals surface area contributed by atoms with Gasteiger partial charge in [0.15, 0.2) is 5.82 Å². The SMILES string of the molecule is CC1CCN(C(=O)C(c2cccc(C(F)(F)F)c2)n2cnc(NC(=O)[C@@H](COCc3ccccc3)NC(=O)C(C)(C)NC(=O)OC(C)(C)C)c2)CC1. The van der Waals surface area contributed by atoms with E-state index in [1.165, 1.54) is 43.1 Å². The Morgan fingerprint density at radius 2 is 1.63 bits per heavy atom. The Kier molecular flexibility index (Phi) is 12.7. The fourth-order valence-corrected chi connectivity index (χ4v) is 5.49. The van der Waals surface area contributed by atoms with Crippen molar-refractivity contribution in [3.8, 4) is 0 Å². The monoisotopic (exact) mass is 728 g/mol. The average Bonchev–Trinajstić information content (AvgIpc) is 3.51. The number of hydrogen-bond acceptors (Lipinski definition) is 7. The highest BCUT2D eigenvalue weighted by atomic mass is 19.4. The maximum atomic E-state index is 13.9. The Morgan fingerprint density at radius 3 is 2.27 bits per heavy atom. The van der Waals surface area contributed by atoms with E-state index in [0.717, 1.165) is 30.5 Å². The zero-order valence-corrected chi connectivity index (χ0v) is 30.3. The molecule has 0 spiro atoms. The van der Waals surface area contributed by atoms with E-state index < -0.39 is 58.8 Å². The number of nitrogens with zero attached hydrogens (tertiary/aromatic N) is 3. The fourth-order valence-electron chi connectivity index (χ4n) is 5.49. The van der Waals surface area contributed by atoms with Gasteiger partial charge in [-0.25, -0.2) is 9.78 Å². The minimum Gasteiger partial charge on any atom is -0.444 e. The van der Waals surface area contributed by atoms with Crippen LogP contribution in [-0.2, 0) is 36.6 Å². The molecule has 15 heteroatoms. The smallest absolute Gasteiger partial charge is 0.416 e. The van der Waals surface area contributed by atoms with Gasteiger partial charge in [-0.2, -0.15) is 13.2 Å². The first-order valence-corrected chi connectivity index (χ1v) is 17.1. The summed E-state index contributed by atoms with van der Waals surface area (Å²) < 4.78 is 53.5. The van der Waals surface area contributed by atoms with Crippen molar-refractivity contribution < 1.29 is 41.8 Å². The first-order chi connectivity index (χ1) is 24.3. The van der Waals surface area contributed by atoms with Gasteiger partial charge in [-0.3, -0.25) is 14.4 Å². The third-order valence-electron chi connectivity index (χ3n) is 8.41. The number of nitrogens with one attached hydrogen (secondary N) is 3. The molecule has 0 radical (unpaired) electrons. The number of imidazole rings is 1. The molecule has 1 unspecified atom stereocenters. The van der Waals surface area contributed by atoms with Crippen LogP contribution in [0.1, 0.15) is 77.1 Å². The van der Waals surface area contributed by atoms with Crippen molar-refractivity contribution in [2.75, 3.05) is 25.0 Å². The predicted octanol–water partition coefficient (Wildman–Crippen LogP) is 5.69. The number of ether oxygens (including phenoxy) is 2. The molecular weight excluding hydrogens is 681 g/mol. The van der Waals surface area contributed by atoms with E-state index in [2.05, 4.69) is 27.9 Å². The van der Waals surface area contributed by atoms with E-state index >= 15 is 0 Å². The lowest BCUT2D eigenvalue weighted by molar-refractivity contribution is -0.138. The van der Waals surface area contributed by atoms with Crippen LogP contribution in [0, 0.1) is 5.92 Å². The molecule has 3 N–H and O–H groups in total. The van der Waals surface area contributed by atoms with Crippen molar-refractivity contribution in [3.63, 3.8) is 0 Å². The molecular formula is C37H47F3N6O6. The van der Waals surface area contributed by atoms with Crippen molar-refractivity contribution in [1.82, 2.24) is 25.1 Å². The number of amides is 4. The molecule has 3 aromatic rings. The van der Waals surface area contributed by atoms with Crippen molar-refractivity contribution in [2.45, 2.75) is 90.4 Å². The van der Waals surface area contributed by atoms with Crippen molar-refractivity contribution >= 4 is 29.6 Å². The average molecular weight is 729 g/mol. The summed E-state index contributed by atoms with van der Waals surface area (Å²) in [5, 5.41) is 7.75. The number of alkyl carbamates (subject to hydrolysis) is 1. The number of rotatable bonds is 12. The zero-order chi connectivity index (χ0) is 38.3. The second kappa shape index (κ2) is 16.6. The number of aromatic nitrogens is 2. The second-order valence-corrected chi connectivity index (χ2v) is 14.5. The van der Waals surface area contributed by atoms with Gasteiger partial charge in [0.05, 0.1) is 25.1 Å². The number of carbonyl (C=O) groups excluding carboxylic acids is 4. The Balaban J connectivity index is 1.57. The van der Waals surface area contributed by atoms with E-state index in [0.29, 0.717) is 19.0 Å². The number of piperidine rings is 1. The van der Waals surface area contributed by atoms with Crippen molar-refractivity contribution in [1.29, 1.82) is 0 Å². The molecule has 4 rings (SSSR count). The molecule has 1 aliphatic rings. The number of carbonyl (C=O) groups is 4. The number of benzene rings is 2. The Labute approximate surface area is 301 Å². The number of likely N-dealkylation sites (tertiary alicyclic amines) is 1. The van der Waals surface area contributed by atoms with Crippen LogP contribution in [0.5, 0.6) is 0 Å². The van der Waals surface area contributed by atoms with Gasteiger partial charge in [-0.1, -0.05) is 49.4 Å². The van der Waals surface area contributed by atoms with Gasteiger partial charge in [0, 0.05) is 19.3 Å². The maximum Gasteiger partial charge on any atom is 0.416 e. The quantitative estimate of drug-likeness (QED) is 0.217. The molecule has 2 aromatic carbocycles. The van der Waals surface area contributed by atoms with Gasteiger partial charge in [-0.05, 0) is 76.6 Å². The molecule has 0 aliphatic carbocycles. The molecule has 1 aromatic heterocycles. The van der Waals surface area contributed by atoms with Crippen LogP contribution in [0.25, 0.3) is 0 Å². The largest absolute Gasteiger partial charge is 0.444 e. The maximum absolute atomic E-state index is 13.9. The van der Waals surface area contributed by atoms with E-state index in [9.17, 15) is 32.3 Å². The normalized spacial score (nSPS) is 15.4. The Hall–Kier alpha value is -4.92. The molecule has 1 aliphatic heterocycles. The molecule has 52 heavy (non-hydrogen) atoms. The number of alkyl halides is 3. The molecule has 0 bridgehead atoms. The van der Waals surface area contributed by atoms with Crippen LogP contribution in [-0.4, -0.2) is 75.1 Å². The van der Waals surface area contributed by atoms with Crippen molar-refractivity contribution in [3.05, 3.63) is 83.8 Å². The molecule has 4 amide bonds. The fraction of sp³-hybridized carbons (Fsp3) is 0.486. The lowest BCUT2D eigenvalue weighted by atomic mass is 9.97. The molecule has 2 atom stereocenters. The third-order valence-corrected chi connectivity index (χ3v) is 8.41. The third kappa shape index (κ3) is 11.3. The topological polar surface area (TPSA) is 144 Å². The minimum atomic E-state index is -4.63. The number of hydrogen-bond donors (Lipinski definition) is 3. The van der Waals surface area contributed by atoms with E-state index in [-0.39, 0.29) is 24.6 Å². The van der Waals surface area contributed by atoms with E-state index in [1.807, 2.05) is 30.3 Å². The van der Waals surface area contributed by atoms with Crippen LogP contribution < -0.4 is 16.0 Å². The lowest BCUT2D eigenvalue weighted by Gasteiger charge is -2.33. The first kappa shape index (κ1) is 39.9. The Bertz CT molecular complexity index is 1700. The summed E-state index contributed by atoms with van der Waals surface area (Å²) in [6.07, 6.45) is -1.32. The van der Waals surface area contributed by atoms with E-state index in [1.54, 1.807) is 25.7 Å². The molecule has 0 saturated carbocycles. The minimum absolute atomic E-state index is 0.0181. The Morgan fingerprint density at radius 1 is 0.962 bits per heavy atom. The number of halogens is 3. The number of anilines is 1. The predicted molar refractivity (Wildman–Crippen MR) is 187 cm³/mol. The van der Waals surface area contributed by atoms with Crippen molar-refractivity contribution in [2.24, 2.45) is 5.92 Å². The molecule has 1 fully saturated rings. The van der Waals surface area contributed by atoms with Gasteiger partial charge in [0.1, 0.15) is 23.2 Å². The summed E-state index contributed by atoms with van der Waals surface area (Å²) in [4.78, 5) is 59.3. The second-order valence-electron chi connectivity index (χ2n) is 14.5. The van der Waals surface area contributed by atoms with Gasteiger partial charge in [0.25, 0.3) is 5.91 Å². The highest BCUT2D eigenvalue weighted by molar-refractivity contribution is 5.98. The zero-order valence-electron chi connectivity index (χ0n) is 30.3. The van der Waals surface area contributed by atoms with Crippen LogP contribution in [0.2, 0.25) is 0 Å². The summed E-state index contributed by atoms with van der Waals surface area (Å²) >= 11 is 0. The summed E-state index contributed by atoms with van der Waals surface area (Å²) in [7, 11) is 0. The lowest BCUT2D eigenvalue weighted by Crippen LogP contribution is -2.59. The van der Waals surface area contributed by atoms with Crippen LogP contribution in [0.4, 0.5) is 23.8 Å². The van der Waals surface area contributed by atoms with Crippen LogP contribution in [0.15, 0.2) is 67.1 Å². The summed E-state index contributed by atoms with van der Waals surface area (Å²) in [6.45, 7) is 10.8. The van der Waals surface area contributed by atoms with Gasteiger partial charge < -0.3 is 34.9 Å². The molecule has 2 heterocycles. The highest BCUT2D eigenvalue weighted by Crippen LogP contribution is 2.33.